The Morgan fingerprint density at radius 2 is 1.53 bits per heavy atom. The first-order valence-corrected chi connectivity index (χ1v) is 7.45. The molecule has 2 aliphatic rings. The number of carbonyl (C=O) groups excluding carboxylic acids is 1. The van der Waals surface area contributed by atoms with E-state index in [1.54, 1.807) is 4.90 Å². The fraction of sp³-hybridized carbons (Fsp3) is 0.857. The summed E-state index contributed by atoms with van der Waals surface area (Å²) in [7, 11) is 0. The number of carbonyl (C=O) groups is 2. The first kappa shape index (κ1) is 14.2. The number of carboxylic acid groups (broad SMARTS) is 1. The molecule has 2 N–H and O–H groups in total. The van der Waals surface area contributed by atoms with Crippen LogP contribution in [0, 0.1) is 5.92 Å². The summed E-state index contributed by atoms with van der Waals surface area (Å²) in [6.45, 7) is 1.13. The quantitative estimate of drug-likeness (QED) is 0.754. The highest BCUT2D eigenvalue weighted by Crippen LogP contribution is 2.19. The van der Waals surface area contributed by atoms with Gasteiger partial charge < -0.3 is 15.3 Å². The molecule has 2 fully saturated rings. The van der Waals surface area contributed by atoms with Crippen LogP contribution in [0.2, 0.25) is 0 Å². The topological polar surface area (TPSA) is 69.6 Å². The van der Waals surface area contributed by atoms with Crippen LogP contribution in [0.4, 0.5) is 4.79 Å². The van der Waals surface area contributed by atoms with E-state index >= 15 is 0 Å². The summed E-state index contributed by atoms with van der Waals surface area (Å²) in [5.74, 6) is -1.01. The molecule has 5 heteroatoms. The molecule has 0 atom stereocenters. The number of nitrogens with one attached hydrogen (secondary N) is 1. The molecule has 1 saturated carbocycles. The Balaban J connectivity index is 1.76. The molecule has 0 aromatic carbocycles. The zero-order valence-electron chi connectivity index (χ0n) is 11.4. The number of hydrogen-bond acceptors (Lipinski definition) is 2. The molecule has 0 unspecified atom stereocenters. The molecule has 1 aliphatic carbocycles. The maximum Gasteiger partial charge on any atom is 0.317 e. The second-order valence-electron chi connectivity index (χ2n) is 5.74. The van der Waals surface area contributed by atoms with Crippen molar-refractivity contribution in [2.75, 3.05) is 13.1 Å². The van der Waals surface area contributed by atoms with Gasteiger partial charge in [0.25, 0.3) is 0 Å². The van der Waals surface area contributed by atoms with Gasteiger partial charge in [-0.05, 0) is 25.7 Å². The minimum absolute atomic E-state index is 0.00395. The molecule has 1 saturated heterocycles. The van der Waals surface area contributed by atoms with Gasteiger partial charge in [0.1, 0.15) is 0 Å². The monoisotopic (exact) mass is 268 g/mol. The molecule has 2 rings (SSSR count). The fourth-order valence-corrected chi connectivity index (χ4v) is 3.02. The van der Waals surface area contributed by atoms with Crippen molar-refractivity contribution in [2.24, 2.45) is 5.92 Å². The molecule has 2 amide bonds. The second-order valence-corrected chi connectivity index (χ2v) is 5.74. The molecule has 0 radical (unpaired) electrons. The smallest absolute Gasteiger partial charge is 0.317 e. The first-order valence-electron chi connectivity index (χ1n) is 7.45. The average molecular weight is 268 g/mol. The number of likely N-dealkylation sites (tertiary alicyclic amines) is 1. The van der Waals surface area contributed by atoms with Crippen molar-refractivity contribution in [3.63, 3.8) is 0 Å². The van der Waals surface area contributed by atoms with Crippen molar-refractivity contribution < 1.29 is 14.7 Å². The van der Waals surface area contributed by atoms with Crippen molar-refractivity contribution in [1.29, 1.82) is 0 Å². The fourth-order valence-electron chi connectivity index (χ4n) is 3.02. The zero-order chi connectivity index (χ0) is 13.7. The van der Waals surface area contributed by atoms with Gasteiger partial charge in [0, 0.05) is 19.1 Å². The van der Waals surface area contributed by atoms with Gasteiger partial charge in [-0.25, -0.2) is 4.79 Å². The van der Waals surface area contributed by atoms with E-state index in [4.69, 9.17) is 5.11 Å². The van der Waals surface area contributed by atoms with Crippen LogP contribution in [0.25, 0.3) is 0 Å². The lowest BCUT2D eigenvalue weighted by molar-refractivity contribution is -0.143. The summed E-state index contributed by atoms with van der Waals surface area (Å²) in [5.41, 5.74) is 0. The zero-order valence-corrected chi connectivity index (χ0v) is 11.4. The molecule has 0 spiro atoms. The summed E-state index contributed by atoms with van der Waals surface area (Å²) >= 11 is 0. The van der Waals surface area contributed by atoms with Gasteiger partial charge in [0.15, 0.2) is 0 Å². The van der Waals surface area contributed by atoms with Crippen molar-refractivity contribution in [2.45, 2.75) is 57.4 Å². The van der Waals surface area contributed by atoms with Gasteiger partial charge in [0.05, 0.1) is 5.92 Å². The lowest BCUT2D eigenvalue weighted by Gasteiger charge is -2.31. The van der Waals surface area contributed by atoms with Gasteiger partial charge in [-0.1, -0.05) is 25.7 Å². The second kappa shape index (κ2) is 6.78. The SMILES string of the molecule is O=C(O)C1CCN(C(=O)NC2CCCCCC2)CC1. The third-order valence-corrected chi connectivity index (χ3v) is 4.31. The summed E-state index contributed by atoms with van der Waals surface area (Å²) in [4.78, 5) is 24.8. The third-order valence-electron chi connectivity index (χ3n) is 4.31. The van der Waals surface area contributed by atoms with E-state index in [0.717, 1.165) is 12.8 Å². The Morgan fingerprint density at radius 3 is 2.05 bits per heavy atom. The van der Waals surface area contributed by atoms with Crippen LogP contribution < -0.4 is 5.32 Å². The van der Waals surface area contributed by atoms with Crippen molar-refractivity contribution in [3.8, 4) is 0 Å². The Labute approximate surface area is 114 Å². The van der Waals surface area contributed by atoms with E-state index in [1.807, 2.05) is 0 Å². The Hall–Kier alpha value is -1.26. The van der Waals surface area contributed by atoms with E-state index in [2.05, 4.69) is 5.32 Å². The van der Waals surface area contributed by atoms with Gasteiger partial charge in [0.2, 0.25) is 0 Å². The predicted molar refractivity (Wildman–Crippen MR) is 72.0 cm³/mol. The van der Waals surface area contributed by atoms with E-state index < -0.39 is 5.97 Å². The Bertz CT molecular complexity index is 317. The van der Waals surface area contributed by atoms with E-state index in [0.29, 0.717) is 32.0 Å². The largest absolute Gasteiger partial charge is 0.481 e. The van der Waals surface area contributed by atoms with Crippen molar-refractivity contribution >= 4 is 12.0 Å². The highest BCUT2D eigenvalue weighted by atomic mass is 16.4. The highest BCUT2D eigenvalue weighted by molar-refractivity contribution is 5.75. The van der Waals surface area contributed by atoms with Crippen LogP contribution in [-0.4, -0.2) is 41.1 Å². The van der Waals surface area contributed by atoms with Gasteiger partial charge >= 0.3 is 12.0 Å². The summed E-state index contributed by atoms with van der Waals surface area (Å²) < 4.78 is 0. The molecule has 19 heavy (non-hydrogen) atoms. The number of urea groups is 1. The van der Waals surface area contributed by atoms with E-state index in [9.17, 15) is 9.59 Å². The van der Waals surface area contributed by atoms with E-state index in [-0.39, 0.29) is 11.9 Å². The highest BCUT2D eigenvalue weighted by Gasteiger charge is 2.27. The normalized spacial score (nSPS) is 22.8. The minimum atomic E-state index is -0.733. The maximum absolute atomic E-state index is 12.1. The van der Waals surface area contributed by atoms with Crippen LogP contribution >= 0.6 is 0 Å². The van der Waals surface area contributed by atoms with Crippen LogP contribution in [0.1, 0.15) is 51.4 Å². The predicted octanol–water partition coefficient (Wildman–Crippen LogP) is 2.22. The lowest BCUT2D eigenvalue weighted by atomic mass is 9.97. The molecular weight excluding hydrogens is 244 g/mol. The molecule has 0 aromatic heterocycles. The molecule has 0 aromatic rings. The average Bonchev–Trinajstić information content (AvgIpc) is 2.67. The summed E-state index contributed by atoms with van der Waals surface area (Å²) in [6, 6.07) is 0.308. The Morgan fingerprint density at radius 1 is 0.947 bits per heavy atom. The van der Waals surface area contributed by atoms with Crippen LogP contribution in [0.5, 0.6) is 0 Å². The standard InChI is InChI=1S/C14H24N2O3/c17-13(18)11-7-9-16(10-8-11)14(19)15-12-5-3-1-2-4-6-12/h11-12H,1-10H2,(H,15,19)(H,17,18). The lowest BCUT2D eigenvalue weighted by Crippen LogP contribution is -2.48. The number of amides is 2. The minimum Gasteiger partial charge on any atom is -0.481 e. The number of aliphatic carboxylic acids is 1. The molecule has 5 nitrogen and oxygen atoms in total. The first-order chi connectivity index (χ1) is 9.16. The number of hydrogen-bond donors (Lipinski definition) is 2. The van der Waals surface area contributed by atoms with Crippen LogP contribution in [0.15, 0.2) is 0 Å². The Kier molecular flexibility index (Phi) is 5.05. The van der Waals surface area contributed by atoms with Crippen molar-refractivity contribution in [1.82, 2.24) is 10.2 Å². The molecular formula is C14H24N2O3. The molecule has 1 heterocycles. The van der Waals surface area contributed by atoms with Crippen LogP contribution in [0.3, 0.4) is 0 Å². The maximum atomic E-state index is 12.1. The van der Waals surface area contributed by atoms with Crippen LogP contribution in [-0.2, 0) is 4.79 Å². The summed E-state index contributed by atoms with van der Waals surface area (Å²) in [6.07, 6.45) is 8.26. The number of rotatable bonds is 2. The van der Waals surface area contributed by atoms with Gasteiger partial charge in [-0.15, -0.1) is 0 Å². The molecule has 0 bridgehead atoms. The van der Waals surface area contributed by atoms with Gasteiger partial charge in [-0.2, -0.15) is 0 Å². The molecule has 1 aliphatic heterocycles. The number of carboxylic acids is 1. The number of piperidine rings is 1. The third kappa shape index (κ3) is 4.11. The van der Waals surface area contributed by atoms with Gasteiger partial charge in [-0.3, -0.25) is 4.79 Å². The summed E-state index contributed by atoms with van der Waals surface area (Å²) in [5, 5.41) is 12.0. The number of nitrogens with zero attached hydrogens (tertiary/aromatic N) is 1. The van der Waals surface area contributed by atoms with Crippen molar-refractivity contribution in [3.05, 3.63) is 0 Å². The molecule has 108 valence electrons. The van der Waals surface area contributed by atoms with E-state index in [1.165, 1.54) is 25.7 Å².